The number of hydrogen-bond donors (Lipinski definition) is 1. The third-order valence-corrected chi connectivity index (χ3v) is 3.59. The summed E-state index contributed by atoms with van der Waals surface area (Å²) in [5.41, 5.74) is 1.96. The minimum absolute atomic E-state index is 0.121. The molecule has 2 aromatic rings. The minimum atomic E-state index is -0.149. The predicted octanol–water partition coefficient (Wildman–Crippen LogP) is 2.79. The van der Waals surface area contributed by atoms with Crippen molar-refractivity contribution < 1.29 is 9.59 Å². The number of carbonyl (C=O) groups is 2. The van der Waals surface area contributed by atoms with Crippen LogP contribution in [0, 0.1) is 11.3 Å². The topological polar surface area (TPSA) is 82.9 Å². The van der Waals surface area contributed by atoms with Gasteiger partial charge in [-0.25, -0.2) is 4.98 Å². The van der Waals surface area contributed by atoms with E-state index < -0.39 is 0 Å². The largest absolute Gasteiger partial charge is 0.302 e. The summed E-state index contributed by atoms with van der Waals surface area (Å²) in [7, 11) is 0. The molecule has 0 aliphatic heterocycles. The van der Waals surface area contributed by atoms with Crippen molar-refractivity contribution in [2.24, 2.45) is 0 Å². The molecule has 1 aromatic carbocycles. The Morgan fingerprint density at radius 1 is 1.33 bits per heavy atom. The van der Waals surface area contributed by atoms with Crippen LogP contribution in [-0.4, -0.2) is 16.7 Å². The molecule has 1 amide bonds. The van der Waals surface area contributed by atoms with Gasteiger partial charge in [0.05, 0.1) is 11.6 Å². The molecule has 0 fully saturated rings. The van der Waals surface area contributed by atoms with Crippen LogP contribution in [-0.2, 0) is 11.2 Å². The van der Waals surface area contributed by atoms with E-state index in [0.29, 0.717) is 29.2 Å². The second kappa shape index (κ2) is 6.77. The third kappa shape index (κ3) is 4.23. The van der Waals surface area contributed by atoms with E-state index in [1.54, 1.807) is 17.5 Å². The first-order valence-electron chi connectivity index (χ1n) is 6.34. The van der Waals surface area contributed by atoms with Gasteiger partial charge in [0, 0.05) is 18.7 Å². The van der Waals surface area contributed by atoms with Gasteiger partial charge < -0.3 is 5.32 Å². The molecule has 106 valence electrons. The number of benzene rings is 1. The second-order valence-corrected chi connectivity index (χ2v) is 5.31. The van der Waals surface area contributed by atoms with Crippen LogP contribution in [0.1, 0.15) is 35.0 Å². The van der Waals surface area contributed by atoms with E-state index in [1.807, 2.05) is 18.2 Å². The highest BCUT2D eigenvalue weighted by molar-refractivity contribution is 7.14. The zero-order chi connectivity index (χ0) is 15.2. The lowest BCUT2D eigenvalue weighted by atomic mass is 10.1. The third-order valence-electron chi connectivity index (χ3n) is 2.84. The Bertz CT molecular complexity index is 698. The smallest absolute Gasteiger partial charge is 0.226 e. The number of thiazole rings is 1. The first-order valence-corrected chi connectivity index (χ1v) is 7.22. The van der Waals surface area contributed by atoms with Crippen LogP contribution in [0.3, 0.4) is 0 Å². The quantitative estimate of drug-likeness (QED) is 0.860. The monoisotopic (exact) mass is 299 g/mol. The van der Waals surface area contributed by atoms with Crippen molar-refractivity contribution in [3.05, 3.63) is 46.5 Å². The van der Waals surface area contributed by atoms with Crippen LogP contribution >= 0.6 is 11.3 Å². The fourth-order valence-electron chi connectivity index (χ4n) is 1.68. The summed E-state index contributed by atoms with van der Waals surface area (Å²) in [5.74, 6) is -0.270. The Morgan fingerprint density at radius 3 is 2.62 bits per heavy atom. The average molecular weight is 299 g/mol. The summed E-state index contributed by atoms with van der Waals surface area (Å²) < 4.78 is 0. The lowest BCUT2D eigenvalue weighted by Gasteiger charge is -2.02. The van der Waals surface area contributed by atoms with Crippen molar-refractivity contribution in [2.45, 2.75) is 19.8 Å². The molecule has 0 aliphatic rings. The summed E-state index contributed by atoms with van der Waals surface area (Å²) in [6.07, 6.45) is 0.906. The highest BCUT2D eigenvalue weighted by Crippen LogP contribution is 2.16. The number of anilines is 1. The summed E-state index contributed by atoms with van der Waals surface area (Å²) in [6, 6.07) is 9.18. The molecule has 21 heavy (non-hydrogen) atoms. The van der Waals surface area contributed by atoms with E-state index in [0.717, 1.165) is 5.56 Å². The molecule has 1 aromatic heterocycles. The number of ketones is 1. The minimum Gasteiger partial charge on any atom is -0.302 e. The predicted molar refractivity (Wildman–Crippen MR) is 80.2 cm³/mol. The van der Waals surface area contributed by atoms with E-state index in [-0.39, 0.29) is 11.7 Å². The molecule has 5 nitrogen and oxygen atoms in total. The van der Waals surface area contributed by atoms with Gasteiger partial charge in [0.15, 0.2) is 10.9 Å². The van der Waals surface area contributed by atoms with Crippen molar-refractivity contribution in [3.8, 4) is 6.07 Å². The van der Waals surface area contributed by atoms with Crippen LogP contribution in [0.15, 0.2) is 29.6 Å². The number of aromatic nitrogens is 1. The maximum absolute atomic E-state index is 11.8. The average Bonchev–Trinajstić information content (AvgIpc) is 2.94. The summed E-state index contributed by atoms with van der Waals surface area (Å²) in [6.45, 7) is 1.44. The molecule has 0 bridgehead atoms. The number of carbonyl (C=O) groups excluding carboxylic acids is 2. The molecule has 0 spiro atoms. The number of amides is 1. The maximum atomic E-state index is 11.8. The highest BCUT2D eigenvalue weighted by atomic mass is 32.1. The normalized spacial score (nSPS) is 9.90. The van der Waals surface area contributed by atoms with Crippen LogP contribution in [0.5, 0.6) is 0 Å². The molecule has 0 aliphatic carbocycles. The van der Waals surface area contributed by atoms with Crippen molar-refractivity contribution in [3.63, 3.8) is 0 Å². The zero-order valence-corrected chi connectivity index (χ0v) is 12.2. The van der Waals surface area contributed by atoms with Crippen LogP contribution < -0.4 is 5.32 Å². The van der Waals surface area contributed by atoms with E-state index in [1.165, 1.54) is 18.3 Å². The van der Waals surface area contributed by atoms with Gasteiger partial charge in [-0.15, -0.1) is 11.3 Å². The molecule has 0 saturated heterocycles. The second-order valence-electron chi connectivity index (χ2n) is 4.45. The molecular formula is C15H13N3O2S. The molecule has 0 radical (unpaired) electrons. The van der Waals surface area contributed by atoms with Crippen molar-refractivity contribution >= 4 is 28.2 Å². The van der Waals surface area contributed by atoms with Crippen LogP contribution in [0.2, 0.25) is 0 Å². The fourth-order valence-corrected chi connectivity index (χ4v) is 2.44. The number of rotatable bonds is 5. The van der Waals surface area contributed by atoms with Gasteiger partial charge in [0.1, 0.15) is 5.69 Å². The number of hydrogen-bond acceptors (Lipinski definition) is 5. The standard InChI is InChI=1S/C15H13N3O2S/c1-10(19)13-9-21-15(17-13)18-14(20)7-6-11-2-4-12(8-16)5-3-11/h2-5,9H,6-7H2,1H3,(H,17,18,20). The Balaban J connectivity index is 1.86. The Hall–Kier alpha value is -2.52. The van der Waals surface area contributed by atoms with Crippen LogP contribution in [0.4, 0.5) is 5.13 Å². The van der Waals surface area contributed by atoms with Crippen molar-refractivity contribution in [1.82, 2.24) is 4.98 Å². The van der Waals surface area contributed by atoms with E-state index in [4.69, 9.17) is 5.26 Å². The SMILES string of the molecule is CC(=O)c1csc(NC(=O)CCc2ccc(C#N)cc2)n1. The molecule has 6 heteroatoms. The molecule has 1 heterocycles. The summed E-state index contributed by atoms with van der Waals surface area (Å²) >= 11 is 1.23. The molecule has 0 unspecified atom stereocenters. The van der Waals surface area contributed by atoms with Crippen molar-refractivity contribution in [1.29, 1.82) is 5.26 Å². The van der Waals surface area contributed by atoms with Gasteiger partial charge in [-0.05, 0) is 24.1 Å². The van der Waals surface area contributed by atoms with Crippen LogP contribution in [0.25, 0.3) is 0 Å². The van der Waals surface area contributed by atoms with Gasteiger partial charge >= 0.3 is 0 Å². The van der Waals surface area contributed by atoms with Gasteiger partial charge in [-0.3, -0.25) is 9.59 Å². The Kier molecular flexibility index (Phi) is 4.80. The summed E-state index contributed by atoms with van der Waals surface area (Å²) in [4.78, 5) is 27.0. The first-order chi connectivity index (χ1) is 10.1. The van der Waals surface area contributed by atoms with Gasteiger partial charge in [-0.2, -0.15) is 5.26 Å². The number of nitrogens with one attached hydrogen (secondary N) is 1. The van der Waals surface area contributed by atoms with Gasteiger partial charge in [0.2, 0.25) is 5.91 Å². The Morgan fingerprint density at radius 2 is 2.05 bits per heavy atom. The maximum Gasteiger partial charge on any atom is 0.226 e. The fraction of sp³-hybridized carbons (Fsp3) is 0.200. The van der Waals surface area contributed by atoms with E-state index >= 15 is 0 Å². The lowest BCUT2D eigenvalue weighted by molar-refractivity contribution is -0.116. The molecule has 0 atom stereocenters. The number of nitrogens with zero attached hydrogens (tertiary/aromatic N) is 2. The molecular weight excluding hydrogens is 286 g/mol. The highest BCUT2D eigenvalue weighted by Gasteiger charge is 2.09. The summed E-state index contributed by atoms with van der Waals surface area (Å²) in [5, 5.41) is 13.4. The van der Waals surface area contributed by atoms with E-state index in [9.17, 15) is 9.59 Å². The number of nitriles is 1. The molecule has 0 saturated carbocycles. The molecule has 1 N–H and O–H groups in total. The van der Waals surface area contributed by atoms with Crippen molar-refractivity contribution in [2.75, 3.05) is 5.32 Å². The number of aryl methyl sites for hydroxylation is 1. The van der Waals surface area contributed by atoms with Gasteiger partial charge in [-0.1, -0.05) is 12.1 Å². The molecule has 2 rings (SSSR count). The lowest BCUT2D eigenvalue weighted by Crippen LogP contribution is -2.12. The first kappa shape index (κ1) is 14.9. The van der Waals surface area contributed by atoms with Gasteiger partial charge in [0.25, 0.3) is 0 Å². The number of Topliss-reactive ketones (excluding diaryl/α,β-unsaturated/α-hetero) is 1. The van der Waals surface area contributed by atoms with E-state index in [2.05, 4.69) is 10.3 Å². The zero-order valence-electron chi connectivity index (χ0n) is 11.4. The Labute approximate surface area is 126 Å².